The van der Waals surface area contributed by atoms with Crippen LogP contribution in [0.25, 0.3) is 0 Å². The highest BCUT2D eigenvalue weighted by atomic mass is 16.8. The zero-order chi connectivity index (χ0) is 9.30. The summed E-state index contributed by atoms with van der Waals surface area (Å²) >= 11 is 0. The molecule has 0 radical (unpaired) electrons. The fraction of sp³-hybridized carbons (Fsp3) is 0.500. The van der Waals surface area contributed by atoms with Gasteiger partial charge >= 0.3 is 11.7 Å². The molecule has 1 aromatic heterocycles. The van der Waals surface area contributed by atoms with Crippen LogP contribution < -0.4 is 4.90 Å². The van der Waals surface area contributed by atoms with Crippen molar-refractivity contribution in [3.8, 4) is 0 Å². The molecule has 0 atom stereocenters. The summed E-state index contributed by atoms with van der Waals surface area (Å²) in [5, 5.41) is 20.7. The Balaban J connectivity index is 3.21. The molecule has 0 amide bonds. The largest absolute Gasteiger partial charge is 0.475 e. The predicted octanol–water partition coefficient (Wildman–Crippen LogP) is 0.0210. The molecule has 1 rings (SSSR count). The van der Waals surface area contributed by atoms with Gasteiger partial charge in [0.15, 0.2) is 5.16 Å². The van der Waals surface area contributed by atoms with Crippen molar-refractivity contribution in [2.75, 3.05) is 0 Å². The molecule has 1 aromatic rings. The maximum Gasteiger partial charge on any atom is 0.389 e. The Hall–Kier alpha value is -1.59. The summed E-state index contributed by atoms with van der Waals surface area (Å²) in [5.41, 5.74) is -0.102. The molecule has 6 heteroatoms. The minimum Gasteiger partial charge on any atom is -0.475 e. The Morgan fingerprint density at radius 2 is 2.25 bits per heavy atom. The first-order chi connectivity index (χ1) is 5.54. The second-order valence-corrected chi connectivity index (χ2v) is 2.64. The summed E-state index contributed by atoms with van der Waals surface area (Å²) in [6, 6.07) is 0. The van der Waals surface area contributed by atoms with E-state index in [0.29, 0.717) is 4.90 Å². The van der Waals surface area contributed by atoms with Crippen LogP contribution in [0.1, 0.15) is 35.9 Å². The maximum absolute atomic E-state index is 10.5. The standard InChI is InChI=1S/C6H8N2O4/c1-3(2)5-4(6(9)10)7-12-8(5)11/h3H,1-2H3,(H-,7,9,10,11)/p+1. The lowest BCUT2D eigenvalue weighted by molar-refractivity contribution is -1.04. The highest BCUT2D eigenvalue weighted by Crippen LogP contribution is 2.12. The van der Waals surface area contributed by atoms with E-state index in [1.807, 2.05) is 0 Å². The van der Waals surface area contributed by atoms with Gasteiger partial charge in [0.1, 0.15) is 4.90 Å². The molecule has 0 bridgehead atoms. The first kappa shape index (κ1) is 8.51. The fourth-order valence-corrected chi connectivity index (χ4v) is 0.904. The Kier molecular flexibility index (Phi) is 1.99. The number of aromatic carboxylic acids is 1. The summed E-state index contributed by atoms with van der Waals surface area (Å²) < 4.78 is 4.26. The van der Waals surface area contributed by atoms with E-state index in [9.17, 15) is 4.79 Å². The normalized spacial score (nSPS) is 10.6. The third-order valence-corrected chi connectivity index (χ3v) is 1.41. The molecule has 66 valence electrons. The smallest absolute Gasteiger partial charge is 0.389 e. The maximum atomic E-state index is 10.5. The van der Waals surface area contributed by atoms with Crippen molar-refractivity contribution in [3.05, 3.63) is 11.4 Å². The van der Waals surface area contributed by atoms with Crippen LogP contribution in [-0.4, -0.2) is 21.4 Å². The van der Waals surface area contributed by atoms with E-state index in [0.717, 1.165) is 0 Å². The van der Waals surface area contributed by atoms with Crippen LogP contribution >= 0.6 is 0 Å². The van der Waals surface area contributed by atoms with Crippen LogP contribution in [0.5, 0.6) is 0 Å². The van der Waals surface area contributed by atoms with Crippen molar-refractivity contribution >= 4 is 5.97 Å². The number of carboxylic acids is 1. The van der Waals surface area contributed by atoms with Gasteiger partial charge in [-0.05, 0) is 4.63 Å². The van der Waals surface area contributed by atoms with Gasteiger partial charge < -0.3 is 10.3 Å². The molecule has 0 saturated heterocycles. The Bertz CT molecular complexity index is 304. The van der Waals surface area contributed by atoms with Crippen LogP contribution in [0.15, 0.2) is 4.63 Å². The van der Waals surface area contributed by atoms with E-state index in [2.05, 4.69) is 9.79 Å². The second-order valence-electron chi connectivity index (χ2n) is 2.64. The van der Waals surface area contributed by atoms with Gasteiger partial charge in [-0.15, -0.1) is 0 Å². The number of nitrogens with zero attached hydrogens (tertiary/aromatic N) is 2. The topological polar surface area (TPSA) is 87.4 Å². The number of hydrogen-bond donors (Lipinski definition) is 2. The molecule has 1 heterocycles. The molecule has 0 aliphatic carbocycles. The quantitative estimate of drug-likeness (QED) is 0.615. The minimum atomic E-state index is -1.21. The van der Waals surface area contributed by atoms with Gasteiger partial charge in [-0.1, -0.05) is 13.8 Å². The van der Waals surface area contributed by atoms with Crippen molar-refractivity contribution in [1.29, 1.82) is 0 Å². The van der Waals surface area contributed by atoms with Gasteiger partial charge in [-0.25, -0.2) is 4.79 Å². The van der Waals surface area contributed by atoms with Crippen LogP contribution in [0.2, 0.25) is 0 Å². The molecule has 12 heavy (non-hydrogen) atoms. The third kappa shape index (κ3) is 1.23. The summed E-state index contributed by atoms with van der Waals surface area (Å²) in [6.45, 7) is 3.46. The average molecular weight is 173 g/mol. The summed E-state index contributed by atoms with van der Waals surface area (Å²) in [7, 11) is 0. The first-order valence-electron chi connectivity index (χ1n) is 3.38. The van der Waals surface area contributed by atoms with Crippen LogP contribution in [0, 0.1) is 0 Å². The second kappa shape index (κ2) is 2.80. The van der Waals surface area contributed by atoms with Gasteiger partial charge in [0, 0.05) is 5.92 Å². The van der Waals surface area contributed by atoms with Crippen molar-refractivity contribution in [2.24, 2.45) is 0 Å². The molecule has 0 aliphatic rings. The van der Waals surface area contributed by atoms with E-state index in [1.165, 1.54) is 0 Å². The highest BCUT2D eigenvalue weighted by Gasteiger charge is 2.32. The number of carboxylic acid groups (broad SMARTS) is 1. The van der Waals surface area contributed by atoms with Crippen LogP contribution in [0.3, 0.4) is 0 Å². The number of rotatable bonds is 2. The molecule has 0 fully saturated rings. The highest BCUT2D eigenvalue weighted by molar-refractivity contribution is 5.86. The average Bonchev–Trinajstić information content (AvgIpc) is 2.30. The summed E-state index contributed by atoms with van der Waals surface area (Å²) in [6.07, 6.45) is 0. The lowest BCUT2D eigenvalue weighted by Gasteiger charge is -1.93. The molecule has 6 nitrogen and oxygen atoms in total. The number of aromatic nitrogens is 2. The Morgan fingerprint density at radius 1 is 1.67 bits per heavy atom. The molecule has 0 aromatic carbocycles. The molecule has 2 N–H and O–H groups in total. The molecular formula is C6H9N2O4+. The lowest BCUT2D eigenvalue weighted by Crippen LogP contribution is -2.33. The molecular weight excluding hydrogens is 164 g/mol. The Labute approximate surface area is 67.9 Å². The van der Waals surface area contributed by atoms with Gasteiger partial charge in [0.2, 0.25) is 0 Å². The summed E-state index contributed by atoms with van der Waals surface area (Å²) in [5.74, 6) is -1.37. The predicted molar refractivity (Wildman–Crippen MR) is 34.9 cm³/mol. The molecule has 0 spiro atoms. The molecule has 0 aliphatic heterocycles. The van der Waals surface area contributed by atoms with Crippen molar-refractivity contribution in [3.63, 3.8) is 0 Å². The monoisotopic (exact) mass is 173 g/mol. The third-order valence-electron chi connectivity index (χ3n) is 1.41. The fourth-order valence-electron chi connectivity index (χ4n) is 0.904. The van der Waals surface area contributed by atoms with Gasteiger partial charge in [-0.2, -0.15) is 0 Å². The van der Waals surface area contributed by atoms with Crippen LogP contribution in [0.4, 0.5) is 0 Å². The van der Waals surface area contributed by atoms with E-state index < -0.39 is 5.97 Å². The van der Waals surface area contributed by atoms with E-state index in [4.69, 9.17) is 10.3 Å². The van der Waals surface area contributed by atoms with E-state index >= 15 is 0 Å². The van der Waals surface area contributed by atoms with Crippen LogP contribution in [-0.2, 0) is 0 Å². The van der Waals surface area contributed by atoms with Crippen molar-refractivity contribution < 1.29 is 24.6 Å². The van der Waals surface area contributed by atoms with E-state index in [-0.39, 0.29) is 17.3 Å². The van der Waals surface area contributed by atoms with Crippen molar-refractivity contribution in [2.45, 2.75) is 19.8 Å². The molecule has 0 unspecified atom stereocenters. The SMILES string of the molecule is CC(C)c1c(C(=O)O)no[n+]1O. The Morgan fingerprint density at radius 3 is 2.58 bits per heavy atom. The van der Waals surface area contributed by atoms with E-state index in [1.54, 1.807) is 13.8 Å². The van der Waals surface area contributed by atoms with Gasteiger partial charge in [-0.3, -0.25) is 0 Å². The summed E-state index contributed by atoms with van der Waals surface area (Å²) in [4.78, 5) is 10.9. The van der Waals surface area contributed by atoms with Crippen molar-refractivity contribution in [1.82, 2.24) is 5.16 Å². The van der Waals surface area contributed by atoms with Gasteiger partial charge in [0.05, 0.1) is 0 Å². The first-order valence-corrected chi connectivity index (χ1v) is 3.38. The molecule has 0 saturated carbocycles. The zero-order valence-corrected chi connectivity index (χ0v) is 6.68. The zero-order valence-electron chi connectivity index (χ0n) is 6.68. The van der Waals surface area contributed by atoms with Gasteiger partial charge in [0.25, 0.3) is 5.69 Å². The minimum absolute atomic E-state index is 0.155. The number of carbonyl (C=O) groups is 1. The lowest BCUT2D eigenvalue weighted by atomic mass is 10.1. The number of hydrogen-bond acceptors (Lipinski definition) is 4.